The molecule has 0 aliphatic heterocycles. The molecule has 0 bridgehead atoms. The number of hydrogen-bond donors (Lipinski definition) is 2. The molecule has 0 amide bonds. The third-order valence-corrected chi connectivity index (χ3v) is 9.72. The Bertz CT molecular complexity index is 1300. The van der Waals surface area contributed by atoms with Crippen molar-refractivity contribution in [3.8, 4) is 11.5 Å². The van der Waals surface area contributed by atoms with E-state index in [9.17, 15) is 10.2 Å². The van der Waals surface area contributed by atoms with Crippen LogP contribution in [0.25, 0.3) is 12.2 Å². The van der Waals surface area contributed by atoms with Crippen molar-refractivity contribution in [2.75, 3.05) is 0 Å². The average molecular weight is 537 g/mol. The van der Waals surface area contributed by atoms with Gasteiger partial charge in [-0.25, -0.2) is 0 Å². The van der Waals surface area contributed by atoms with Crippen LogP contribution in [0.4, 0.5) is 0 Å². The van der Waals surface area contributed by atoms with Crippen LogP contribution >= 0.6 is 0 Å². The second kappa shape index (κ2) is 12.7. The summed E-state index contributed by atoms with van der Waals surface area (Å²) in [6.45, 7) is 8.77. The van der Waals surface area contributed by atoms with Crippen LogP contribution in [0.5, 0.6) is 11.5 Å². The third kappa shape index (κ3) is 6.48. The monoisotopic (exact) mass is 536 g/mol. The molecule has 2 aliphatic rings. The zero-order valence-corrected chi connectivity index (χ0v) is 25.0. The van der Waals surface area contributed by atoms with E-state index >= 15 is 0 Å². The van der Waals surface area contributed by atoms with E-state index in [1.165, 1.54) is 85.8 Å². The van der Waals surface area contributed by atoms with Crippen molar-refractivity contribution in [2.24, 2.45) is 0 Å². The van der Waals surface area contributed by atoms with Crippen molar-refractivity contribution < 1.29 is 10.2 Å². The number of phenolic OH excluding ortho intramolecular Hbond substituents is 2. The summed E-state index contributed by atoms with van der Waals surface area (Å²) in [5, 5.41) is 23.9. The molecule has 212 valence electrons. The van der Waals surface area contributed by atoms with Gasteiger partial charge in [0.2, 0.25) is 0 Å². The van der Waals surface area contributed by atoms with Gasteiger partial charge in [-0.3, -0.25) is 0 Å². The van der Waals surface area contributed by atoms with Crippen LogP contribution in [0.1, 0.15) is 135 Å². The van der Waals surface area contributed by atoms with Gasteiger partial charge in [0.1, 0.15) is 11.5 Å². The van der Waals surface area contributed by atoms with Crippen molar-refractivity contribution in [1.29, 1.82) is 0 Å². The van der Waals surface area contributed by atoms with E-state index in [0.29, 0.717) is 23.3 Å². The fraction of sp³-hybridized carbons (Fsp3) is 0.474. The minimum Gasteiger partial charge on any atom is -0.508 e. The Hall–Kier alpha value is -3.00. The van der Waals surface area contributed by atoms with Gasteiger partial charge in [0, 0.05) is 11.8 Å². The Balaban J connectivity index is 1.36. The van der Waals surface area contributed by atoms with Gasteiger partial charge in [0.25, 0.3) is 0 Å². The smallest absolute Gasteiger partial charge is 0.119 e. The molecule has 3 aromatic carbocycles. The molecular weight excluding hydrogens is 488 g/mol. The van der Waals surface area contributed by atoms with E-state index in [4.69, 9.17) is 0 Å². The molecule has 3 aromatic rings. The fourth-order valence-corrected chi connectivity index (χ4v) is 7.39. The first-order valence-electron chi connectivity index (χ1n) is 15.8. The zero-order valence-electron chi connectivity index (χ0n) is 25.0. The second-order valence-electron chi connectivity index (χ2n) is 12.8. The van der Waals surface area contributed by atoms with Gasteiger partial charge in [-0.2, -0.15) is 0 Å². The first kappa shape index (κ1) is 28.5. The molecule has 0 saturated heterocycles. The lowest BCUT2D eigenvalue weighted by molar-refractivity contribution is 0.413. The van der Waals surface area contributed by atoms with Gasteiger partial charge < -0.3 is 10.2 Å². The first-order valence-corrected chi connectivity index (χ1v) is 15.8. The van der Waals surface area contributed by atoms with E-state index in [1.54, 1.807) is 0 Å². The highest BCUT2D eigenvalue weighted by molar-refractivity contribution is 5.51. The van der Waals surface area contributed by atoms with Crippen LogP contribution in [-0.2, 0) is 0 Å². The standard InChI is InChI=1S/C38H48O2/c1-25(33-23-35(37(39)21-27(33)3)31-11-7-5-8-12-31)19-29-15-17-30(18-16-29)20-26(2)34-24-36(38(40)22-28(34)4)32-13-9-6-10-14-32/h15-26,31-32,39-40H,5-14H2,1-4H3. The number of benzene rings is 3. The lowest BCUT2D eigenvalue weighted by Crippen LogP contribution is -2.11. The molecule has 0 aromatic heterocycles. The predicted molar refractivity (Wildman–Crippen MR) is 169 cm³/mol. The highest BCUT2D eigenvalue weighted by atomic mass is 16.3. The summed E-state index contributed by atoms with van der Waals surface area (Å²) < 4.78 is 0. The predicted octanol–water partition coefficient (Wildman–Crippen LogP) is 8.98. The van der Waals surface area contributed by atoms with Crippen LogP contribution in [0.15, 0.2) is 48.5 Å². The van der Waals surface area contributed by atoms with Gasteiger partial charge >= 0.3 is 0 Å². The molecule has 2 heteroatoms. The molecule has 2 nitrogen and oxygen atoms in total. The number of aryl methyl sites for hydroxylation is 2. The molecule has 5 rings (SSSR count). The third-order valence-electron chi connectivity index (χ3n) is 9.72. The average Bonchev–Trinajstić information content (AvgIpc) is 2.95. The topological polar surface area (TPSA) is 40.5 Å². The van der Waals surface area contributed by atoms with Gasteiger partial charge in [-0.1, -0.05) is 101 Å². The Morgan fingerprint density at radius 1 is 0.575 bits per heavy atom. The second-order valence-corrected chi connectivity index (χ2v) is 12.8. The summed E-state index contributed by atoms with van der Waals surface area (Å²) in [7, 11) is 0. The minimum absolute atomic E-state index is 0.273. The van der Waals surface area contributed by atoms with Crippen molar-refractivity contribution >= 4 is 12.2 Å². The summed E-state index contributed by atoms with van der Waals surface area (Å²) in [5.74, 6) is 2.48. The highest BCUT2D eigenvalue weighted by Crippen LogP contribution is 2.41. The molecule has 2 fully saturated rings. The van der Waals surface area contributed by atoms with Crippen molar-refractivity contribution in [2.45, 2.75) is 116 Å². The molecule has 2 atom stereocenters. The molecular formula is C38H48O2. The molecule has 0 spiro atoms. The zero-order chi connectivity index (χ0) is 28.2. The molecule has 2 unspecified atom stereocenters. The highest BCUT2D eigenvalue weighted by Gasteiger charge is 2.22. The maximum absolute atomic E-state index is 10.7. The normalized spacial score (nSPS) is 18.3. The molecule has 2 saturated carbocycles. The van der Waals surface area contributed by atoms with E-state index in [1.807, 2.05) is 12.1 Å². The van der Waals surface area contributed by atoms with Crippen molar-refractivity contribution in [3.05, 3.63) is 92.3 Å². The van der Waals surface area contributed by atoms with Crippen LogP contribution in [0.2, 0.25) is 0 Å². The number of rotatable bonds is 6. The SMILES string of the molecule is Cc1cc(O)c(C2CCCCC2)cc1C(C)C=c1ccc(=CC(C)c2cc(C3CCCCC3)c(O)cc2C)cc1. The van der Waals surface area contributed by atoms with Crippen LogP contribution in [-0.4, -0.2) is 10.2 Å². The van der Waals surface area contributed by atoms with Gasteiger partial charge in [-0.05, 0) is 107 Å². The van der Waals surface area contributed by atoms with E-state index < -0.39 is 0 Å². The van der Waals surface area contributed by atoms with Crippen LogP contribution in [0, 0.1) is 13.8 Å². The molecule has 40 heavy (non-hydrogen) atoms. The molecule has 2 aliphatic carbocycles. The Labute approximate surface area is 241 Å². The minimum atomic E-state index is 0.273. The van der Waals surface area contributed by atoms with E-state index in [2.05, 4.69) is 76.2 Å². The number of aromatic hydroxyl groups is 2. The van der Waals surface area contributed by atoms with Crippen molar-refractivity contribution in [3.63, 3.8) is 0 Å². The lowest BCUT2D eigenvalue weighted by Gasteiger charge is -2.25. The summed E-state index contributed by atoms with van der Waals surface area (Å²) in [5.41, 5.74) is 7.26. The molecule has 0 heterocycles. The van der Waals surface area contributed by atoms with Crippen LogP contribution in [0.3, 0.4) is 0 Å². The summed E-state index contributed by atoms with van der Waals surface area (Å²) in [4.78, 5) is 0. The molecule has 2 N–H and O–H groups in total. The van der Waals surface area contributed by atoms with Gasteiger partial charge in [-0.15, -0.1) is 0 Å². The quantitative estimate of drug-likeness (QED) is 0.330. The summed E-state index contributed by atoms with van der Waals surface area (Å²) >= 11 is 0. The van der Waals surface area contributed by atoms with Crippen LogP contribution < -0.4 is 10.4 Å². The Kier molecular flexibility index (Phi) is 9.03. The van der Waals surface area contributed by atoms with E-state index in [-0.39, 0.29) is 11.8 Å². The number of hydrogen-bond acceptors (Lipinski definition) is 2. The summed E-state index contributed by atoms with van der Waals surface area (Å²) in [6, 6.07) is 17.4. The summed E-state index contributed by atoms with van der Waals surface area (Å²) in [6.07, 6.45) is 17.2. The lowest BCUT2D eigenvalue weighted by atomic mass is 9.81. The Morgan fingerprint density at radius 2 is 0.925 bits per heavy atom. The fourth-order valence-electron chi connectivity index (χ4n) is 7.39. The van der Waals surface area contributed by atoms with Gasteiger partial charge in [0.15, 0.2) is 0 Å². The van der Waals surface area contributed by atoms with Gasteiger partial charge in [0.05, 0.1) is 0 Å². The first-order chi connectivity index (χ1) is 19.3. The largest absolute Gasteiger partial charge is 0.508 e. The Morgan fingerprint density at radius 3 is 1.27 bits per heavy atom. The van der Waals surface area contributed by atoms with Crippen molar-refractivity contribution in [1.82, 2.24) is 0 Å². The maximum atomic E-state index is 10.7. The molecule has 0 radical (unpaired) electrons. The number of phenols is 2. The maximum Gasteiger partial charge on any atom is 0.119 e. The van der Waals surface area contributed by atoms with E-state index in [0.717, 1.165) is 22.3 Å².